The number of nitrogens with one attached hydrogen (secondary N) is 1. The Hall–Kier alpha value is -2.65. The topological polar surface area (TPSA) is 81.4 Å². The second-order valence-corrected chi connectivity index (χ2v) is 10.2. The van der Waals surface area contributed by atoms with Crippen molar-refractivity contribution in [3.63, 3.8) is 0 Å². The molecular formula is C24H28BrN5O2S. The molecule has 0 saturated carbocycles. The quantitative estimate of drug-likeness (QED) is 0.244. The number of carbonyl (C=O) groups excluding carboxylic acids is 1. The molecule has 3 aromatic rings. The summed E-state index contributed by atoms with van der Waals surface area (Å²) in [5.41, 5.74) is 5.67. The summed E-state index contributed by atoms with van der Waals surface area (Å²) in [6.45, 7) is 9.31. The molecule has 1 aromatic heterocycles. The Morgan fingerprint density at radius 3 is 2.58 bits per heavy atom. The van der Waals surface area contributed by atoms with Gasteiger partial charge in [-0.1, -0.05) is 72.7 Å². The first kappa shape index (κ1) is 25.0. The minimum absolute atomic E-state index is 0.0932. The molecule has 33 heavy (non-hydrogen) atoms. The van der Waals surface area contributed by atoms with Gasteiger partial charge in [0.05, 0.1) is 19.1 Å². The summed E-state index contributed by atoms with van der Waals surface area (Å²) in [6.07, 6.45) is 1.56. The number of rotatable bonds is 8. The number of ether oxygens (including phenoxy) is 1. The second kappa shape index (κ2) is 11.0. The van der Waals surface area contributed by atoms with Gasteiger partial charge in [0.2, 0.25) is 0 Å². The molecule has 0 bridgehead atoms. The van der Waals surface area contributed by atoms with Crippen LogP contribution in [0.25, 0.3) is 11.4 Å². The van der Waals surface area contributed by atoms with E-state index in [4.69, 9.17) is 4.74 Å². The molecule has 0 aliphatic rings. The minimum Gasteiger partial charge on any atom is -0.496 e. The molecule has 3 rings (SSSR count). The molecule has 0 aliphatic carbocycles. The van der Waals surface area contributed by atoms with Crippen LogP contribution in [0.2, 0.25) is 0 Å². The van der Waals surface area contributed by atoms with Crippen LogP contribution in [0.5, 0.6) is 5.75 Å². The molecule has 0 fully saturated rings. The summed E-state index contributed by atoms with van der Waals surface area (Å²) in [5.74, 6) is 1.41. The number of nitrogens with zero attached hydrogens (tertiary/aromatic N) is 4. The summed E-state index contributed by atoms with van der Waals surface area (Å²) in [7, 11) is 1.59. The Balaban J connectivity index is 1.63. The number of hydrazone groups is 1. The van der Waals surface area contributed by atoms with E-state index in [2.05, 4.69) is 81.7 Å². The van der Waals surface area contributed by atoms with Gasteiger partial charge in [-0.25, -0.2) is 5.43 Å². The summed E-state index contributed by atoms with van der Waals surface area (Å²) in [4.78, 5) is 12.3. The van der Waals surface area contributed by atoms with Crippen LogP contribution in [0.15, 0.2) is 57.2 Å². The van der Waals surface area contributed by atoms with Crippen molar-refractivity contribution in [1.29, 1.82) is 0 Å². The van der Waals surface area contributed by atoms with Crippen LogP contribution in [0.1, 0.15) is 38.8 Å². The number of hydrogen-bond donors (Lipinski definition) is 1. The summed E-state index contributed by atoms with van der Waals surface area (Å²) in [6, 6.07) is 14.0. The SMILES string of the molecule is CCn1c(SCC(=O)N/N=C\c2cc(Br)ccc2OC)nnc1-c1ccc(C(C)(C)C)cc1. The van der Waals surface area contributed by atoms with E-state index in [1.54, 1.807) is 13.3 Å². The molecule has 9 heteroatoms. The molecule has 0 unspecified atom stereocenters. The fraction of sp³-hybridized carbons (Fsp3) is 0.333. The molecule has 0 radical (unpaired) electrons. The number of amides is 1. The Morgan fingerprint density at radius 1 is 1.21 bits per heavy atom. The van der Waals surface area contributed by atoms with Crippen molar-refractivity contribution < 1.29 is 9.53 Å². The van der Waals surface area contributed by atoms with Gasteiger partial charge < -0.3 is 9.30 Å². The smallest absolute Gasteiger partial charge is 0.250 e. The molecule has 0 atom stereocenters. The van der Waals surface area contributed by atoms with Gasteiger partial charge in [-0.3, -0.25) is 4.79 Å². The number of benzene rings is 2. The zero-order valence-electron chi connectivity index (χ0n) is 19.4. The lowest BCUT2D eigenvalue weighted by atomic mass is 9.87. The summed E-state index contributed by atoms with van der Waals surface area (Å²) in [5, 5.41) is 13.4. The van der Waals surface area contributed by atoms with Crippen LogP contribution in [0.4, 0.5) is 0 Å². The normalized spacial score (nSPS) is 11.7. The van der Waals surface area contributed by atoms with E-state index in [1.807, 2.05) is 29.7 Å². The Kier molecular flexibility index (Phi) is 8.31. The predicted molar refractivity (Wildman–Crippen MR) is 137 cm³/mol. The first-order chi connectivity index (χ1) is 15.7. The fourth-order valence-electron chi connectivity index (χ4n) is 3.16. The predicted octanol–water partition coefficient (Wildman–Crippen LogP) is 5.28. The lowest BCUT2D eigenvalue weighted by molar-refractivity contribution is -0.118. The molecule has 1 N–H and O–H groups in total. The maximum Gasteiger partial charge on any atom is 0.250 e. The molecule has 1 heterocycles. The third-order valence-corrected chi connectivity index (χ3v) is 6.42. The number of aromatic nitrogens is 3. The van der Waals surface area contributed by atoms with E-state index in [0.717, 1.165) is 21.4 Å². The zero-order valence-corrected chi connectivity index (χ0v) is 21.8. The monoisotopic (exact) mass is 529 g/mol. The van der Waals surface area contributed by atoms with Crippen molar-refractivity contribution in [3.8, 4) is 17.1 Å². The highest BCUT2D eigenvalue weighted by Gasteiger charge is 2.17. The van der Waals surface area contributed by atoms with E-state index in [0.29, 0.717) is 17.5 Å². The number of halogens is 1. The van der Waals surface area contributed by atoms with Crippen LogP contribution in [0.3, 0.4) is 0 Å². The Bertz CT molecular complexity index is 1140. The molecule has 2 aromatic carbocycles. The van der Waals surface area contributed by atoms with Crippen LogP contribution < -0.4 is 10.2 Å². The van der Waals surface area contributed by atoms with Crippen molar-refractivity contribution in [1.82, 2.24) is 20.2 Å². The van der Waals surface area contributed by atoms with Gasteiger partial charge in [0.25, 0.3) is 5.91 Å². The third-order valence-electron chi connectivity index (χ3n) is 4.96. The van der Waals surface area contributed by atoms with Crippen LogP contribution in [-0.2, 0) is 16.8 Å². The van der Waals surface area contributed by atoms with Crippen molar-refractivity contribution in [2.24, 2.45) is 5.10 Å². The fourth-order valence-corrected chi connectivity index (χ4v) is 4.33. The zero-order chi connectivity index (χ0) is 24.0. The molecule has 174 valence electrons. The van der Waals surface area contributed by atoms with Gasteiger partial charge in [-0.15, -0.1) is 10.2 Å². The van der Waals surface area contributed by atoms with E-state index in [1.165, 1.54) is 17.3 Å². The van der Waals surface area contributed by atoms with Crippen molar-refractivity contribution >= 4 is 39.8 Å². The number of thioether (sulfide) groups is 1. The number of hydrogen-bond acceptors (Lipinski definition) is 6. The lowest BCUT2D eigenvalue weighted by Crippen LogP contribution is -2.20. The van der Waals surface area contributed by atoms with Crippen molar-refractivity contribution in [2.75, 3.05) is 12.9 Å². The van der Waals surface area contributed by atoms with Crippen LogP contribution in [-0.4, -0.2) is 39.7 Å². The van der Waals surface area contributed by atoms with E-state index in [-0.39, 0.29) is 17.1 Å². The standard InChI is InChI=1S/C24H28BrN5O2S/c1-6-30-22(16-7-9-18(10-8-16)24(2,3)4)28-29-23(30)33-15-21(31)27-26-14-17-13-19(25)11-12-20(17)32-5/h7-14H,6,15H2,1-5H3,(H,27,31)/b26-14-. The lowest BCUT2D eigenvalue weighted by Gasteiger charge is -2.19. The molecule has 1 amide bonds. The summed E-state index contributed by atoms with van der Waals surface area (Å²) >= 11 is 4.75. The minimum atomic E-state index is -0.230. The van der Waals surface area contributed by atoms with Crippen molar-refractivity contribution in [2.45, 2.75) is 44.8 Å². The Morgan fingerprint density at radius 2 is 1.94 bits per heavy atom. The summed E-state index contributed by atoms with van der Waals surface area (Å²) < 4.78 is 8.21. The number of carbonyl (C=O) groups is 1. The first-order valence-electron chi connectivity index (χ1n) is 10.5. The second-order valence-electron chi connectivity index (χ2n) is 8.35. The molecular weight excluding hydrogens is 502 g/mol. The molecule has 0 saturated heterocycles. The highest BCUT2D eigenvalue weighted by atomic mass is 79.9. The number of methoxy groups -OCH3 is 1. The van der Waals surface area contributed by atoms with Crippen molar-refractivity contribution in [3.05, 3.63) is 58.1 Å². The third kappa shape index (κ3) is 6.45. The average molecular weight is 530 g/mol. The van der Waals surface area contributed by atoms with Crippen LogP contribution in [0, 0.1) is 0 Å². The van der Waals surface area contributed by atoms with Gasteiger partial charge in [-0.05, 0) is 36.1 Å². The van der Waals surface area contributed by atoms with E-state index < -0.39 is 0 Å². The molecule has 0 aliphatic heterocycles. The van der Waals surface area contributed by atoms with Gasteiger partial charge in [-0.2, -0.15) is 5.10 Å². The molecule has 0 spiro atoms. The Labute approximate surface area is 207 Å². The van der Waals surface area contributed by atoms with E-state index in [9.17, 15) is 4.79 Å². The maximum atomic E-state index is 12.3. The first-order valence-corrected chi connectivity index (χ1v) is 12.3. The van der Waals surface area contributed by atoms with Gasteiger partial charge in [0.1, 0.15) is 5.75 Å². The highest BCUT2D eigenvalue weighted by Crippen LogP contribution is 2.27. The van der Waals surface area contributed by atoms with E-state index >= 15 is 0 Å². The average Bonchev–Trinajstić information content (AvgIpc) is 3.20. The van der Waals surface area contributed by atoms with Crippen LogP contribution >= 0.6 is 27.7 Å². The van der Waals surface area contributed by atoms with Gasteiger partial charge in [0.15, 0.2) is 11.0 Å². The van der Waals surface area contributed by atoms with Gasteiger partial charge in [0, 0.05) is 22.1 Å². The maximum absolute atomic E-state index is 12.3. The molecule has 7 nitrogen and oxygen atoms in total. The van der Waals surface area contributed by atoms with Gasteiger partial charge >= 0.3 is 0 Å². The highest BCUT2D eigenvalue weighted by molar-refractivity contribution is 9.10. The largest absolute Gasteiger partial charge is 0.496 e.